The van der Waals surface area contributed by atoms with Crippen molar-refractivity contribution in [3.05, 3.63) is 40.7 Å². The lowest BCUT2D eigenvalue weighted by atomic mass is 10.1. The molecular weight excluding hydrogens is 314 g/mol. The second-order valence-corrected chi connectivity index (χ2v) is 6.97. The second kappa shape index (κ2) is 7.27. The maximum absolute atomic E-state index is 12.3. The fourth-order valence-electron chi connectivity index (χ4n) is 3.59. The van der Waals surface area contributed by atoms with Crippen molar-refractivity contribution in [3.63, 3.8) is 0 Å². The van der Waals surface area contributed by atoms with Gasteiger partial charge in [-0.3, -0.25) is 14.8 Å². The number of nitrogens with zero attached hydrogens (tertiary/aromatic N) is 3. The number of aryl methyl sites for hydroxylation is 4. The predicted octanol–water partition coefficient (Wildman–Crippen LogP) is 2.40. The monoisotopic (exact) mass is 341 g/mol. The van der Waals surface area contributed by atoms with Crippen molar-refractivity contribution in [3.8, 4) is 0 Å². The summed E-state index contributed by atoms with van der Waals surface area (Å²) in [5.41, 5.74) is 6.56. The topological polar surface area (TPSA) is 64.3 Å². The van der Waals surface area contributed by atoms with Gasteiger partial charge in [0.2, 0.25) is 5.91 Å². The fourth-order valence-corrected chi connectivity index (χ4v) is 3.59. The first-order valence-electron chi connectivity index (χ1n) is 8.79. The van der Waals surface area contributed by atoms with E-state index in [9.17, 15) is 4.79 Å². The molecule has 0 spiro atoms. The minimum absolute atomic E-state index is 0.0501. The van der Waals surface area contributed by atoms with Crippen LogP contribution in [0.15, 0.2) is 18.2 Å². The zero-order valence-corrected chi connectivity index (χ0v) is 15.5. The quantitative estimate of drug-likeness (QED) is 0.896. The molecule has 1 amide bonds. The molecule has 0 atom stereocenters. The van der Waals surface area contributed by atoms with E-state index in [1.165, 1.54) is 5.69 Å². The Bertz CT molecular complexity index is 719. The summed E-state index contributed by atoms with van der Waals surface area (Å²) in [6.07, 6.45) is 0. The lowest BCUT2D eigenvalue weighted by Crippen LogP contribution is -2.49. The summed E-state index contributed by atoms with van der Waals surface area (Å²) in [6.45, 7) is 12.2. The maximum Gasteiger partial charge on any atom is 0.238 e. The van der Waals surface area contributed by atoms with Gasteiger partial charge in [-0.25, -0.2) is 0 Å². The number of piperazine rings is 1. The van der Waals surface area contributed by atoms with Crippen LogP contribution in [-0.2, 0) is 4.79 Å². The van der Waals surface area contributed by atoms with Crippen molar-refractivity contribution in [1.29, 1.82) is 0 Å². The van der Waals surface area contributed by atoms with Crippen LogP contribution < -0.4 is 10.2 Å². The second-order valence-electron chi connectivity index (χ2n) is 6.97. The van der Waals surface area contributed by atoms with E-state index in [0.717, 1.165) is 54.4 Å². The first-order chi connectivity index (χ1) is 11.9. The molecule has 1 aromatic heterocycles. The SMILES string of the molecule is Cc1cc(C)cc(NC(=O)CN2CCN(c3c(C)n[nH]c3C)CC2)c1. The number of rotatable bonds is 4. The smallest absolute Gasteiger partial charge is 0.238 e. The molecule has 0 bridgehead atoms. The summed E-state index contributed by atoms with van der Waals surface area (Å²) in [6, 6.07) is 6.12. The van der Waals surface area contributed by atoms with Crippen molar-refractivity contribution < 1.29 is 4.79 Å². The minimum atomic E-state index is 0.0501. The van der Waals surface area contributed by atoms with Gasteiger partial charge in [0.25, 0.3) is 0 Å². The van der Waals surface area contributed by atoms with E-state index < -0.39 is 0 Å². The molecule has 2 heterocycles. The number of carbonyl (C=O) groups excluding carboxylic acids is 1. The number of nitrogens with one attached hydrogen (secondary N) is 2. The van der Waals surface area contributed by atoms with Crippen LogP contribution in [-0.4, -0.2) is 53.7 Å². The molecule has 1 aliphatic rings. The summed E-state index contributed by atoms with van der Waals surface area (Å²) in [5, 5.41) is 10.3. The molecule has 6 nitrogen and oxygen atoms in total. The van der Waals surface area contributed by atoms with Gasteiger partial charge in [0.1, 0.15) is 0 Å². The van der Waals surface area contributed by atoms with E-state index in [1.807, 2.05) is 32.9 Å². The van der Waals surface area contributed by atoms with Crippen LogP contribution in [0.25, 0.3) is 0 Å². The highest BCUT2D eigenvalue weighted by Gasteiger charge is 2.22. The van der Waals surface area contributed by atoms with Crippen LogP contribution in [0.2, 0.25) is 0 Å². The van der Waals surface area contributed by atoms with Gasteiger partial charge in [0, 0.05) is 31.9 Å². The predicted molar refractivity (Wildman–Crippen MR) is 101 cm³/mol. The van der Waals surface area contributed by atoms with Gasteiger partial charge in [-0.2, -0.15) is 5.10 Å². The number of hydrogen-bond donors (Lipinski definition) is 2. The number of hydrogen-bond acceptors (Lipinski definition) is 4. The number of H-pyrrole nitrogens is 1. The van der Waals surface area contributed by atoms with Gasteiger partial charge in [-0.15, -0.1) is 0 Å². The van der Waals surface area contributed by atoms with Gasteiger partial charge in [0.05, 0.1) is 23.6 Å². The van der Waals surface area contributed by atoms with Crippen LogP contribution in [0.4, 0.5) is 11.4 Å². The lowest BCUT2D eigenvalue weighted by molar-refractivity contribution is -0.117. The summed E-state index contributed by atoms with van der Waals surface area (Å²) in [5.74, 6) is 0.0501. The third-order valence-corrected chi connectivity index (χ3v) is 4.65. The average molecular weight is 341 g/mol. The van der Waals surface area contributed by atoms with E-state index in [2.05, 4.69) is 38.3 Å². The van der Waals surface area contributed by atoms with Gasteiger partial charge >= 0.3 is 0 Å². The number of benzene rings is 1. The zero-order chi connectivity index (χ0) is 18.0. The largest absolute Gasteiger partial charge is 0.366 e. The highest BCUT2D eigenvalue weighted by atomic mass is 16.2. The van der Waals surface area contributed by atoms with E-state index in [4.69, 9.17) is 0 Å². The molecule has 0 saturated carbocycles. The minimum Gasteiger partial charge on any atom is -0.366 e. The van der Waals surface area contributed by atoms with Crippen LogP contribution in [0.1, 0.15) is 22.5 Å². The highest BCUT2D eigenvalue weighted by Crippen LogP contribution is 2.23. The molecule has 1 aliphatic heterocycles. The third kappa shape index (κ3) is 4.20. The molecule has 2 N–H and O–H groups in total. The maximum atomic E-state index is 12.3. The average Bonchev–Trinajstić information content (AvgIpc) is 2.86. The van der Waals surface area contributed by atoms with Crippen molar-refractivity contribution in [1.82, 2.24) is 15.1 Å². The number of amides is 1. The van der Waals surface area contributed by atoms with Crippen LogP contribution in [0.5, 0.6) is 0 Å². The van der Waals surface area contributed by atoms with Crippen LogP contribution in [0.3, 0.4) is 0 Å². The molecule has 0 radical (unpaired) electrons. The molecule has 0 aliphatic carbocycles. The summed E-state index contributed by atoms with van der Waals surface area (Å²) in [4.78, 5) is 16.9. The molecule has 1 aromatic carbocycles. The summed E-state index contributed by atoms with van der Waals surface area (Å²) < 4.78 is 0. The summed E-state index contributed by atoms with van der Waals surface area (Å²) in [7, 11) is 0. The van der Waals surface area contributed by atoms with Gasteiger partial charge < -0.3 is 10.2 Å². The summed E-state index contributed by atoms with van der Waals surface area (Å²) >= 11 is 0. The number of aromatic amines is 1. The molecule has 2 aromatic rings. The molecule has 25 heavy (non-hydrogen) atoms. The third-order valence-electron chi connectivity index (χ3n) is 4.65. The van der Waals surface area contributed by atoms with Crippen molar-refractivity contribution in [2.75, 3.05) is 42.9 Å². The van der Waals surface area contributed by atoms with Crippen LogP contribution >= 0.6 is 0 Å². The van der Waals surface area contributed by atoms with Crippen LogP contribution in [0, 0.1) is 27.7 Å². The Labute approximate surface area is 149 Å². The molecule has 1 saturated heterocycles. The van der Waals surface area contributed by atoms with E-state index in [0.29, 0.717) is 6.54 Å². The Morgan fingerprint density at radius 1 is 1.08 bits per heavy atom. The number of carbonyl (C=O) groups is 1. The molecule has 0 unspecified atom stereocenters. The van der Waals surface area contributed by atoms with Gasteiger partial charge in [-0.05, 0) is 51.0 Å². The molecule has 1 fully saturated rings. The zero-order valence-electron chi connectivity index (χ0n) is 15.5. The Hall–Kier alpha value is -2.34. The van der Waals surface area contributed by atoms with Gasteiger partial charge in [-0.1, -0.05) is 6.07 Å². The Morgan fingerprint density at radius 3 is 2.28 bits per heavy atom. The van der Waals surface area contributed by atoms with Crippen molar-refractivity contribution >= 4 is 17.3 Å². The van der Waals surface area contributed by atoms with Crippen molar-refractivity contribution in [2.45, 2.75) is 27.7 Å². The Morgan fingerprint density at radius 2 is 1.72 bits per heavy atom. The standard InChI is InChI=1S/C19H27N5O/c1-13-9-14(2)11-17(10-13)20-18(25)12-23-5-7-24(8-6-23)19-15(3)21-22-16(19)4/h9-11H,5-8,12H2,1-4H3,(H,20,25)(H,21,22). The molecule has 134 valence electrons. The molecule has 6 heteroatoms. The normalized spacial score (nSPS) is 15.4. The Kier molecular flexibility index (Phi) is 5.08. The van der Waals surface area contributed by atoms with Gasteiger partial charge in [0.15, 0.2) is 0 Å². The highest BCUT2D eigenvalue weighted by molar-refractivity contribution is 5.92. The lowest BCUT2D eigenvalue weighted by Gasteiger charge is -2.35. The number of anilines is 2. The Balaban J connectivity index is 1.52. The first kappa shape index (κ1) is 17.5. The van der Waals surface area contributed by atoms with E-state index in [1.54, 1.807) is 0 Å². The molecular formula is C19H27N5O. The molecule has 3 rings (SSSR count). The first-order valence-corrected chi connectivity index (χ1v) is 8.79. The van der Waals surface area contributed by atoms with E-state index in [-0.39, 0.29) is 5.91 Å². The van der Waals surface area contributed by atoms with Crippen molar-refractivity contribution in [2.24, 2.45) is 0 Å². The fraction of sp³-hybridized carbons (Fsp3) is 0.474. The van der Waals surface area contributed by atoms with E-state index >= 15 is 0 Å². The number of aromatic nitrogens is 2.